The summed E-state index contributed by atoms with van der Waals surface area (Å²) in [6.07, 6.45) is 2.33. The highest BCUT2D eigenvalue weighted by molar-refractivity contribution is 5.61. The second kappa shape index (κ2) is 10.2. The Labute approximate surface area is 162 Å². The smallest absolute Gasteiger partial charge is 0.163 e. The first-order valence-corrected chi connectivity index (χ1v) is 9.96. The fourth-order valence-corrected chi connectivity index (χ4v) is 3.11. The number of benzene rings is 1. The van der Waals surface area contributed by atoms with Gasteiger partial charge in [0.25, 0.3) is 0 Å². The molecule has 0 bridgehead atoms. The monoisotopic (exact) mass is 369 g/mol. The molecule has 6 heteroatoms. The third-order valence-electron chi connectivity index (χ3n) is 4.82. The van der Waals surface area contributed by atoms with Gasteiger partial charge in [0.1, 0.15) is 11.6 Å². The number of morpholine rings is 1. The van der Waals surface area contributed by atoms with Crippen LogP contribution in [0.1, 0.15) is 19.8 Å². The van der Waals surface area contributed by atoms with Gasteiger partial charge in [-0.3, -0.25) is 4.90 Å². The summed E-state index contributed by atoms with van der Waals surface area (Å²) in [6, 6.07) is 12.2. The number of rotatable bonds is 9. The normalized spacial score (nSPS) is 14.9. The van der Waals surface area contributed by atoms with E-state index in [-0.39, 0.29) is 0 Å². The summed E-state index contributed by atoms with van der Waals surface area (Å²) >= 11 is 0. The third kappa shape index (κ3) is 5.91. The molecule has 1 aromatic carbocycles. The van der Waals surface area contributed by atoms with Crippen molar-refractivity contribution in [3.05, 3.63) is 36.4 Å². The Bertz CT molecular complexity index is 688. The first-order valence-electron chi connectivity index (χ1n) is 9.96. The Morgan fingerprint density at radius 1 is 1.15 bits per heavy atom. The zero-order chi connectivity index (χ0) is 18.9. The third-order valence-corrected chi connectivity index (χ3v) is 4.82. The van der Waals surface area contributed by atoms with Crippen molar-refractivity contribution < 1.29 is 4.74 Å². The number of ether oxygens (including phenoxy) is 1. The lowest BCUT2D eigenvalue weighted by Crippen LogP contribution is -2.39. The molecule has 2 aromatic rings. The largest absolute Gasteiger partial charge is 0.379 e. The summed E-state index contributed by atoms with van der Waals surface area (Å²) in [5, 5.41) is 3.49. The van der Waals surface area contributed by atoms with Crippen LogP contribution in [0.25, 0.3) is 11.4 Å². The topological polar surface area (TPSA) is 53.5 Å². The van der Waals surface area contributed by atoms with Crippen LogP contribution in [-0.4, -0.2) is 67.9 Å². The number of nitrogens with one attached hydrogen (secondary N) is 1. The SMILES string of the molecule is CCCCN(C)c1cc(NCCN2CCOCC2)nc(-c2ccccc2)n1. The van der Waals surface area contributed by atoms with Gasteiger partial charge in [-0.2, -0.15) is 0 Å². The van der Waals surface area contributed by atoms with E-state index in [1.807, 2.05) is 18.2 Å². The van der Waals surface area contributed by atoms with E-state index in [0.717, 1.165) is 75.4 Å². The number of unbranched alkanes of at least 4 members (excludes halogenated alkanes) is 1. The number of nitrogens with zero attached hydrogens (tertiary/aromatic N) is 4. The molecule has 0 radical (unpaired) electrons. The second-order valence-electron chi connectivity index (χ2n) is 6.96. The lowest BCUT2D eigenvalue weighted by Gasteiger charge is -2.26. The lowest BCUT2D eigenvalue weighted by molar-refractivity contribution is 0.0398. The van der Waals surface area contributed by atoms with E-state index in [1.54, 1.807) is 0 Å². The molecule has 1 fully saturated rings. The van der Waals surface area contributed by atoms with Crippen LogP contribution >= 0.6 is 0 Å². The maximum absolute atomic E-state index is 5.42. The van der Waals surface area contributed by atoms with Crippen molar-refractivity contribution in [3.8, 4) is 11.4 Å². The molecule has 1 aromatic heterocycles. The van der Waals surface area contributed by atoms with Crippen LogP contribution in [0.4, 0.5) is 11.6 Å². The van der Waals surface area contributed by atoms with Gasteiger partial charge in [0, 0.05) is 51.4 Å². The molecule has 0 aliphatic carbocycles. The highest BCUT2D eigenvalue weighted by atomic mass is 16.5. The minimum atomic E-state index is 0.769. The molecule has 0 spiro atoms. The average molecular weight is 370 g/mol. The highest BCUT2D eigenvalue weighted by Crippen LogP contribution is 2.22. The fraction of sp³-hybridized carbons (Fsp3) is 0.524. The van der Waals surface area contributed by atoms with E-state index in [4.69, 9.17) is 14.7 Å². The van der Waals surface area contributed by atoms with Crippen LogP contribution < -0.4 is 10.2 Å². The van der Waals surface area contributed by atoms with Crippen molar-refractivity contribution in [2.24, 2.45) is 0 Å². The van der Waals surface area contributed by atoms with Gasteiger partial charge in [0.05, 0.1) is 13.2 Å². The van der Waals surface area contributed by atoms with Crippen LogP contribution in [0, 0.1) is 0 Å². The van der Waals surface area contributed by atoms with Crippen molar-refractivity contribution in [2.75, 3.05) is 63.2 Å². The van der Waals surface area contributed by atoms with Crippen molar-refractivity contribution in [1.82, 2.24) is 14.9 Å². The van der Waals surface area contributed by atoms with Crippen molar-refractivity contribution in [2.45, 2.75) is 19.8 Å². The first kappa shape index (κ1) is 19.6. The highest BCUT2D eigenvalue weighted by Gasteiger charge is 2.12. The summed E-state index contributed by atoms with van der Waals surface area (Å²) < 4.78 is 5.42. The first-order chi connectivity index (χ1) is 13.3. The number of hydrogen-bond donors (Lipinski definition) is 1. The van der Waals surface area contributed by atoms with Gasteiger partial charge in [-0.25, -0.2) is 9.97 Å². The van der Waals surface area contributed by atoms with Gasteiger partial charge in [-0.05, 0) is 6.42 Å². The summed E-state index contributed by atoms with van der Waals surface area (Å²) in [7, 11) is 2.10. The molecule has 1 aliphatic heterocycles. The molecule has 2 heterocycles. The molecular weight excluding hydrogens is 338 g/mol. The van der Waals surface area contributed by atoms with Gasteiger partial charge in [-0.1, -0.05) is 43.7 Å². The van der Waals surface area contributed by atoms with Gasteiger partial charge in [0.2, 0.25) is 0 Å². The molecule has 27 heavy (non-hydrogen) atoms. The average Bonchev–Trinajstić information content (AvgIpc) is 2.73. The summed E-state index contributed by atoms with van der Waals surface area (Å²) in [5.41, 5.74) is 1.04. The van der Waals surface area contributed by atoms with Crippen molar-refractivity contribution in [1.29, 1.82) is 0 Å². The van der Waals surface area contributed by atoms with Gasteiger partial charge < -0.3 is 15.0 Å². The second-order valence-corrected chi connectivity index (χ2v) is 6.96. The van der Waals surface area contributed by atoms with E-state index in [2.05, 4.69) is 47.3 Å². The number of aromatic nitrogens is 2. The fourth-order valence-electron chi connectivity index (χ4n) is 3.11. The van der Waals surface area contributed by atoms with Crippen molar-refractivity contribution in [3.63, 3.8) is 0 Å². The molecular formula is C21H31N5O. The molecule has 0 unspecified atom stereocenters. The molecule has 1 saturated heterocycles. The lowest BCUT2D eigenvalue weighted by atomic mass is 10.2. The molecule has 6 nitrogen and oxygen atoms in total. The minimum absolute atomic E-state index is 0.769. The zero-order valence-electron chi connectivity index (χ0n) is 16.5. The predicted molar refractivity (Wildman–Crippen MR) is 111 cm³/mol. The Kier molecular flexibility index (Phi) is 7.42. The maximum atomic E-state index is 5.42. The zero-order valence-corrected chi connectivity index (χ0v) is 16.5. The molecule has 1 N–H and O–H groups in total. The van der Waals surface area contributed by atoms with E-state index in [0.29, 0.717) is 0 Å². The Morgan fingerprint density at radius 2 is 1.93 bits per heavy atom. The summed E-state index contributed by atoms with van der Waals surface area (Å²) in [6.45, 7) is 8.74. The van der Waals surface area contributed by atoms with Crippen LogP contribution in [0.15, 0.2) is 36.4 Å². The molecule has 0 saturated carbocycles. The van der Waals surface area contributed by atoms with Crippen LogP contribution in [0.3, 0.4) is 0 Å². The maximum Gasteiger partial charge on any atom is 0.163 e. The number of anilines is 2. The molecule has 0 amide bonds. The van der Waals surface area contributed by atoms with E-state index >= 15 is 0 Å². The molecule has 1 aliphatic rings. The standard InChI is InChI=1S/C21H31N5O/c1-3-4-11-25(2)20-17-19(22-10-12-26-13-15-27-16-14-26)23-21(24-20)18-8-6-5-7-9-18/h5-9,17H,3-4,10-16H2,1-2H3,(H,22,23,24). The molecule has 146 valence electrons. The minimum Gasteiger partial charge on any atom is -0.379 e. The summed E-state index contributed by atoms with van der Waals surface area (Å²) in [5.74, 6) is 2.62. The van der Waals surface area contributed by atoms with Gasteiger partial charge in [0.15, 0.2) is 5.82 Å². The quantitative estimate of drug-likeness (QED) is 0.733. The Hall–Kier alpha value is -2.18. The van der Waals surface area contributed by atoms with Gasteiger partial charge >= 0.3 is 0 Å². The molecule has 0 atom stereocenters. The summed E-state index contributed by atoms with van der Waals surface area (Å²) in [4.78, 5) is 14.2. The Morgan fingerprint density at radius 3 is 2.67 bits per heavy atom. The van der Waals surface area contributed by atoms with E-state index in [9.17, 15) is 0 Å². The predicted octanol–water partition coefficient (Wildman–Crippen LogP) is 3.12. The van der Waals surface area contributed by atoms with Crippen molar-refractivity contribution >= 4 is 11.6 Å². The van der Waals surface area contributed by atoms with Crippen LogP contribution in [0.2, 0.25) is 0 Å². The van der Waals surface area contributed by atoms with Crippen LogP contribution in [-0.2, 0) is 4.74 Å². The van der Waals surface area contributed by atoms with E-state index in [1.165, 1.54) is 6.42 Å². The van der Waals surface area contributed by atoms with E-state index < -0.39 is 0 Å². The Balaban J connectivity index is 1.72. The molecule has 3 rings (SSSR count). The van der Waals surface area contributed by atoms with Gasteiger partial charge in [-0.15, -0.1) is 0 Å². The number of hydrogen-bond acceptors (Lipinski definition) is 6. The van der Waals surface area contributed by atoms with Crippen LogP contribution in [0.5, 0.6) is 0 Å².